The second kappa shape index (κ2) is 7.70. The van der Waals surface area contributed by atoms with Gasteiger partial charge in [-0.25, -0.2) is 0 Å². The van der Waals surface area contributed by atoms with Gasteiger partial charge in [0.15, 0.2) is 0 Å². The molecule has 5 nitrogen and oxygen atoms in total. The summed E-state index contributed by atoms with van der Waals surface area (Å²) in [4.78, 5) is 20.5. The van der Waals surface area contributed by atoms with Crippen LogP contribution in [0.4, 0.5) is 11.4 Å². The Kier molecular flexibility index (Phi) is 5.18. The van der Waals surface area contributed by atoms with Gasteiger partial charge < -0.3 is 10.6 Å². The molecule has 0 atom stereocenters. The van der Waals surface area contributed by atoms with Crippen molar-refractivity contribution in [3.63, 3.8) is 0 Å². The minimum absolute atomic E-state index is 0.207. The topological polar surface area (TPSA) is 66.9 Å². The Morgan fingerprint density at radius 1 is 1.04 bits per heavy atom. The van der Waals surface area contributed by atoms with Gasteiger partial charge in [-0.3, -0.25) is 14.8 Å². The van der Waals surface area contributed by atoms with E-state index in [1.54, 1.807) is 30.9 Å². The number of hydrogen-bond acceptors (Lipinski definition) is 4. The molecule has 0 unspecified atom stereocenters. The molecule has 0 bridgehead atoms. The summed E-state index contributed by atoms with van der Waals surface area (Å²) in [6.07, 6.45) is 6.73. The molecule has 0 saturated carbocycles. The Labute approximate surface area is 148 Å². The molecule has 0 radical (unpaired) electrons. The van der Waals surface area contributed by atoms with Gasteiger partial charge in [0.1, 0.15) is 0 Å². The standard InChI is InChI=1S/C18H15BrN4O/c19-16-3-1-2-4-17(16)23-18(24)14-9-15(12-21-11-14)22-10-13-5-7-20-8-6-13/h1-9,11-12,22H,10H2,(H,23,24). The second-order valence-electron chi connectivity index (χ2n) is 5.11. The largest absolute Gasteiger partial charge is 0.380 e. The molecule has 2 heterocycles. The normalized spacial score (nSPS) is 10.2. The first-order valence-corrected chi connectivity index (χ1v) is 8.15. The molecule has 0 fully saturated rings. The van der Waals surface area contributed by atoms with Crippen molar-refractivity contribution in [3.05, 3.63) is 82.9 Å². The lowest BCUT2D eigenvalue weighted by atomic mass is 10.2. The third-order valence-corrected chi connectivity index (χ3v) is 4.06. The number of nitrogens with zero attached hydrogens (tertiary/aromatic N) is 2. The first-order chi connectivity index (χ1) is 11.7. The second-order valence-corrected chi connectivity index (χ2v) is 5.96. The monoisotopic (exact) mass is 382 g/mol. The smallest absolute Gasteiger partial charge is 0.257 e. The minimum atomic E-state index is -0.207. The molecule has 0 aliphatic carbocycles. The van der Waals surface area contributed by atoms with E-state index in [-0.39, 0.29) is 5.91 Å². The van der Waals surface area contributed by atoms with Gasteiger partial charge in [0.2, 0.25) is 0 Å². The van der Waals surface area contributed by atoms with Crippen LogP contribution in [0.1, 0.15) is 15.9 Å². The highest BCUT2D eigenvalue weighted by molar-refractivity contribution is 9.10. The highest BCUT2D eigenvalue weighted by Crippen LogP contribution is 2.22. The van der Waals surface area contributed by atoms with E-state index in [1.165, 1.54) is 0 Å². The van der Waals surface area contributed by atoms with Gasteiger partial charge in [-0.1, -0.05) is 12.1 Å². The molecular formula is C18H15BrN4O. The molecule has 3 aromatic rings. The summed E-state index contributed by atoms with van der Waals surface area (Å²) in [7, 11) is 0. The molecule has 1 aromatic carbocycles. The lowest BCUT2D eigenvalue weighted by Gasteiger charge is -2.09. The van der Waals surface area contributed by atoms with E-state index >= 15 is 0 Å². The van der Waals surface area contributed by atoms with E-state index in [0.717, 1.165) is 21.4 Å². The molecular weight excluding hydrogens is 368 g/mol. The van der Waals surface area contributed by atoms with E-state index in [0.29, 0.717) is 12.1 Å². The predicted molar refractivity (Wildman–Crippen MR) is 97.9 cm³/mol. The molecule has 2 N–H and O–H groups in total. The predicted octanol–water partition coefficient (Wildman–Crippen LogP) is 4.10. The van der Waals surface area contributed by atoms with Crippen LogP contribution in [0.5, 0.6) is 0 Å². The Hall–Kier alpha value is -2.73. The summed E-state index contributed by atoms with van der Waals surface area (Å²) < 4.78 is 0.832. The molecule has 1 amide bonds. The maximum absolute atomic E-state index is 12.4. The van der Waals surface area contributed by atoms with Crippen molar-refractivity contribution in [2.45, 2.75) is 6.54 Å². The molecule has 2 aromatic heterocycles. The van der Waals surface area contributed by atoms with Crippen molar-refractivity contribution in [2.75, 3.05) is 10.6 Å². The highest BCUT2D eigenvalue weighted by atomic mass is 79.9. The van der Waals surface area contributed by atoms with Crippen LogP contribution in [0.3, 0.4) is 0 Å². The Morgan fingerprint density at radius 2 is 1.83 bits per heavy atom. The van der Waals surface area contributed by atoms with Crippen LogP contribution in [0.25, 0.3) is 0 Å². The number of benzene rings is 1. The van der Waals surface area contributed by atoms with Crippen LogP contribution in [0.15, 0.2) is 71.7 Å². The lowest BCUT2D eigenvalue weighted by Crippen LogP contribution is -2.13. The molecule has 24 heavy (non-hydrogen) atoms. The van der Waals surface area contributed by atoms with E-state index in [9.17, 15) is 4.79 Å². The summed E-state index contributed by atoms with van der Waals surface area (Å²) in [5.41, 5.74) is 3.10. The van der Waals surface area contributed by atoms with Gasteiger partial charge in [0, 0.05) is 35.8 Å². The number of anilines is 2. The Bertz CT molecular complexity index is 839. The van der Waals surface area contributed by atoms with Crippen LogP contribution in [-0.4, -0.2) is 15.9 Å². The van der Waals surface area contributed by atoms with E-state index in [2.05, 4.69) is 36.5 Å². The number of rotatable bonds is 5. The van der Waals surface area contributed by atoms with Crippen molar-refractivity contribution >= 4 is 33.2 Å². The van der Waals surface area contributed by atoms with Gasteiger partial charge in [-0.2, -0.15) is 0 Å². The van der Waals surface area contributed by atoms with Crippen molar-refractivity contribution in [3.8, 4) is 0 Å². The number of carbonyl (C=O) groups excluding carboxylic acids is 1. The molecule has 0 saturated heterocycles. The Morgan fingerprint density at radius 3 is 2.62 bits per heavy atom. The summed E-state index contributed by atoms with van der Waals surface area (Å²) in [6.45, 7) is 0.638. The first kappa shape index (κ1) is 16.1. The number of para-hydroxylation sites is 1. The number of hydrogen-bond donors (Lipinski definition) is 2. The molecule has 120 valence electrons. The fourth-order valence-corrected chi connectivity index (χ4v) is 2.51. The maximum Gasteiger partial charge on any atom is 0.257 e. The number of pyridine rings is 2. The van der Waals surface area contributed by atoms with Crippen molar-refractivity contribution in [2.24, 2.45) is 0 Å². The van der Waals surface area contributed by atoms with Gasteiger partial charge in [0.25, 0.3) is 5.91 Å². The quantitative estimate of drug-likeness (QED) is 0.696. The third kappa shape index (κ3) is 4.17. The number of nitrogens with one attached hydrogen (secondary N) is 2. The summed E-state index contributed by atoms with van der Waals surface area (Å²) in [6, 6.07) is 13.1. The van der Waals surface area contributed by atoms with Gasteiger partial charge >= 0.3 is 0 Å². The summed E-state index contributed by atoms with van der Waals surface area (Å²) in [5, 5.41) is 6.12. The Balaban J connectivity index is 1.68. The number of aromatic nitrogens is 2. The van der Waals surface area contributed by atoms with Gasteiger partial charge in [0.05, 0.1) is 16.9 Å². The minimum Gasteiger partial charge on any atom is -0.380 e. The van der Waals surface area contributed by atoms with Crippen molar-refractivity contribution in [1.82, 2.24) is 9.97 Å². The van der Waals surface area contributed by atoms with Gasteiger partial charge in [-0.05, 0) is 51.8 Å². The average molecular weight is 383 g/mol. The summed E-state index contributed by atoms with van der Waals surface area (Å²) in [5.74, 6) is -0.207. The SMILES string of the molecule is O=C(Nc1ccccc1Br)c1cncc(NCc2ccncc2)c1. The van der Waals surface area contributed by atoms with Crippen LogP contribution in [-0.2, 0) is 6.54 Å². The zero-order valence-corrected chi connectivity index (χ0v) is 14.3. The first-order valence-electron chi connectivity index (χ1n) is 7.36. The summed E-state index contributed by atoms with van der Waals surface area (Å²) >= 11 is 3.41. The van der Waals surface area contributed by atoms with Crippen LogP contribution in [0, 0.1) is 0 Å². The zero-order valence-electron chi connectivity index (χ0n) is 12.7. The van der Waals surface area contributed by atoms with E-state index in [1.807, 2.05) is 36.4 Å². The molecule has 0 spiro atoms. The average Bonchev–Trinajstić information content (AvgIpc) is 2.63. The maximum atomic E-state index is 12.4. The fourth-order valence-electron chi connectivity index (χ4n) is 2.12. The van der Waals surface area contributed by atoms with Crippen molar-refractivity contribution in [1.29, 1.82) is 0 Å². The zero-order chi connectivity index (χ0) is 16.8. The van der Waals surface area contributed by atoms with Crippen molar-refractivity contribution < 1.29 is 4.79 Å². The third-order valence-electron chi connectivity index (χ3n) is 3.37. The fraction of sp³-hybridized carbons (Fsp3) is 0.0556. The lowest BCUT2D eigenvalue weighted by molar-refractivity contribution is 0.102. The van der Waals surface area contributed by atoms with Gasteiger partial charge in [-0.15, -0.1) is 0 Å². The van der Waals surface area contributed by atoms with E-state index < -0.39 is 0 Å². The number of halogens is 1. The van der Waals surface area contributed by atoms with Crippen LogP contribution in [0.2, 0.25) is 0 Å². The number of carbonyl (C=O) groups is 1. The number of amides is 1. The van der Waals surface area contributed by atoms with Crippen LogP contribution >= 0.6 is 15.9 Å². The highest BCUT2D eigenvalue weighted by Gasteiger charge is 2.09. The van der Waals surface area contributed by atoms with E-state index in [4.69, 9.17) is 0 Å². The van der Waals surface area contributed by atoms with Crippen LogP contribution < -0.4 is 10.6 Å². The molecule has 6 heteroatoms. The molecule has 0 aliphatic rings. The molecule has 0 aliphatic heterocycles. The molecule has 3 rings (SSSR count).